The molecule has 2 unspecified atom stereocenters. The van der Waals surface area contributed by atoms with Gasteiger partial charge >= 0.3 is 5.97 Å². The molecule has 0 spiro atoms. The molecule has 3 aromatic rings. The van der Waals surface area contributed by atoms with Gasteiger partial charge in [0.1, 0.15) is 6.17 Å². The van der Waals surface area contributed by atoms with Crippen LogP contribution in [0.3, 0.4) is 0 Å². The van der Waals surface area contributed by atoms with Crippen LogP contribution in [0.25, 0.3) is 0 Å². The number of ether oxygens (including phenoxy) is 1. The molecule has 2 aromatic carbocycles. The normalized spacial score (nSPS) is 22.4. The highest BCUT2D eigenvalue weighted by atomic mass is 16.5. The average Bonchev–Trinajstić information content (AvgIpc) is 3.59. The maximum Gasteiger partial charge on any atom is 0.335 e. The van der Waals surface area contributed by atoms with Crippen molar-refractivity contribution in [3.8, 4) is 6.07 Å². The van der Waals surface area contributed by atoms with Gasteiger partial charge in [0.25, 0.3) is 0 Å². The first-order valence-corrected chi connectivity index (χ1v) is 14.6. The summed E-state index contributed by atoms with van der Waals surface area (Å²) >= 11 is 0. The standard InChI is InChI=1S/C31H35N7O3/c32-17-21-1-2-24-18-36(12-5-22(24)15-21)29-8-13-38(34-29)25-6-10-35(11-7-25)20-30-33-27-4-3-23(31(39)40)16-28(27)37(30)19-26-9-14-41-26/h1-4,8,13,15-16,25-26,30,33H,5-7,9-12,14,18-20H2,(H,39,40). The van der Waals surface area contributed by atoms with E-state index in [4.69, 9.17) is 9.84 Å². The molecule has 0 amide bonds. The second-order valence-electron chi connectivity index (χ2n) is 11.6. The van der Waals surface area contributed by atoms with E-state index in [9.17, 15) is 15.2 Å². The van der Waals surface area contributed by atoms with Crippen molar-refractivity contribution < 1.29 is 14.6 Å². The van der Waals surface area contributed by atoms with Gasteiger partial charge in [0.2, 0.25) is 0 Å². The van der Waals surface area contributed by atoms with Crippen LogP contribution >= 0.6 is 0 Å². The fourth-order valence-electron chi connectivity index (χ4n) is 6.60. The van der Waals surface area contributed by atoms with Gasteiger partial charge in [-0.15, -0.1) is 0 Å². The Bertz CT molecular complexity index is 1490. The molecule has 2 N–H and O–H groups in total. The third-order valence-electron chi connectivity index (χ3n) is 9.07. The molecule has 4 aliphatic heterocycles. The number of likely N-dealkylation sites (tertiary alicyclic amines) is 1. The molecule has 1 aromatic heterocycles. The smallest absolute Gasteiger partial charge is 0.335 e. The van der Waals surface area contributed by atoms with Crippen LogP contribution in [0.5, 0.6) is 0 Å². The summed E-state index contributed by atoms with van der Waals surface area (Å²) in [6.45, 7) is 6.13. The molecule has 0 radical (unpaired) electrons. The number of fused-ring (bicyclic) bond motifs is 2. The first kappa shape index (κ1) is 25.9. The fraction of sp³-hybridized carbons (Fsp3) is 0.452. The molecule has 0 saturated carbocycles. The van der Waals surface area contributed by atoms with E-state index >= 15 is 0 Å². The number of aromatic carboxylic acids is 1. The van der Waals surface area contributed by atoms with Crippen molar-refractivity contribution >= 4 is 23.2 Å². The van der Waals surface area contributed by atoms with Gasteiger partial charge in [-0.05, 0) is 67.1 Å². The Morgan fingerprint density at radius 2 is 1.93 bits per heavy atom. The van der Waals surface area contributed by atoms with E-state index in [1.165, 1.54) is 11.1 Å². The zero-order valence-electron chi connectivity index (χ0n) is 23.1. The number of nitrogens with one attached hydrogen (secondary N) is 1. The molecule has 41 heavy (non-hydrogen) atoms. The molecule has 10 nitrogen and oxygen atoms in total. The summed E-state index contributed by atoms with van der Waals surface area (Å²) in [7, 11) is 0. The van der Waals surface area contributed by atoms with Crippen LogP contribution in [0.1, 0.15) is 52.4 Å². The van der Waals surface area contributed by atoms with E-state index in [0.717, 1.165) is 94.3 Å². The highest BCUT2D eigenvalue weighted by molar-refractivity contribution is 5.92. The van der Waals surface area contributed by atoms with Gasteiger partial charge in [0.05, 0.1) is 40.7 Å². The monoisotopic (exact) mass is 553 g/mol. The van der Waals surface area contributed by atoms with Crippen molar-refractivity contribution in [2.75, 3.05) is 54.4 Å². The number of carboxylic acid groups (broad SMARTS) is 1. The van der Waals surface area contributed by atoms with E-state index in [1.807, 2.05) is 18.2 Å². The largest absolute Gasteiger partial charge is 0.478 e. The number of rotatable bonds is 7. The first-order valence-electron chi connectivity index (χ1n) is 14.6. The molecule has 2 fully saturated rings. The van der Waals surface area contributed by atoms with E-state index in [1.54, 1.807) is 12.1 Å². The zero-order chi connectivity index (χ0) is 27.9. The van der Waals surface area contributed by atoms with Crippen LogP contribution < -0.4 is 15.1 Å². The lowest BCUT2D eigenvalue weighted by atomic mass is 9.97. The van der Waals surface area contributed by atoms with Gasteiger partial charge in [0, 0.05) is 58.1 Å². The Kier molecular flexibility index (Phi) is 6.77. The van der Waals surface area contributed by atoms with E-state index in [-0.39, 0.29) is 12.3 Å². The van der Waals surface area contributed by atoms with Crippen LogP contribution in [0.15, 0.2) is 48.7 Å². The number of carboxylic acids is 1. The summed E-state index contributed by atoms with van der Waals surface area (Å²) in [6, 6.07) is 16.1. The molecule has 4 aliphatic rings. The summed E-state index contributed by atoms with van der Waals surface area (Å²) in [6.07, 6.45) is 6.45. The van der Waals surface area contributed by atoms with Crippen molar-refractivity contribution in [2.24, 2.45) is 0 Å². The molecule has 212 valence electrons. The van der Waals surface area contributed by atoms with Crippen LogP contribution in [0.2, 0.25) is 0 Å². The van der Waals surface area contributed by atoms with Crippen molar-refractivity contribution in [3.63, 3.8) is 0 Å². The number of anilines is 3. The van der Waals surface area contributed by atoms with Crippen molar-refractivity contribution in [1.29, 1.82) is 5.26 Å². The second-order valence-corrected chi connectivity index (χ2v) is 11.6. The number of nitrogens with zero attached hydrogens (tertiary/aromatic N) is 6. The van der Waals surface area contributed by atoms with Gasteiger partial charge in [-0.25, -0.2) is 4.79 Å². The predicted octanol–water partition coefficient (Wildman–Crippen LogP) is 3.70. The van der Waals surface area contributed by atoms with Crippen LogP contribution in [0, 0.1) is 11.3 Å². The third-order valence-corrected chi connectivity index (χ3v) is 9.07. The zero-order valence-corrected chi connectivity index (χ0v) is 23.1. The SMILES string of the molecule is N#Cc1ccc2c(c1)CCN(c1ccn(C3CCN(CC4Nc5ccc(C(=O)O)cc5N4CC4CCO4)CC3)n1)C2. The highest BCUT2D eigenvalue weighted by Gasteiger charge is 2.35. The second kappa shape index (κ2) is 10.7. The molecule has 0 aliphatic carbocycles. The lowest BCUT2D eigenvalue weighted by Gasteiger charge is -2.38. The summed E-state index contributed by atoms with van der Waals surface area (Å²) in [5.74, 6) is 0.115. The predicted molar refractivity (Wildman–Crippen MR) is 155 cm³/mol. The molecular formula is C31H35N7O3. The Labute approximate surface area is 239 Å². The van der Waals surface area contributed by atoms with Crippen LogP contribution in [-0.2, 0) is 17.7 Å². The Morgan fingerprint density at radius 3 is 2.68 bits per heavy atom. The van der Waals surface area contributed by atoms with Gasteiger partial charge in [0.15, 0.2) is 5.82 Å². The number of hydrogen-bond acceptors (Lipinski definition) is 8. The lowest BCUT2D eigenvalue weighted by Crippen LogP contribution is -2.51. The van der Waals surface area contributed by atoms with Crippen LogP contribution in [0.4, 0.5) is 17.2 Å². The minimum absolute atomic E-state index is 0.0809. The van der Waals surface area contributed by atoms with Gasteiger partial charge in [-0.2, -0.15) is 10.4 Å². The number of hydrogen-bond donors (Lipinski definition) is 2. The molecule has 7 rings (SSSR count). The number of piperidine rings is 1. The lowest BCUT2D eigenvalue weighted by molar-refractivity contribution is -0.0452. The van der Waals surface area contributed by atoms with Crippen LogP contribution in [-0.4, -0.2) is 77.4 Å². The highest BCUT2D eigenvalue weighted by Crippen LogP contribution is 2.37. The topological polar surface area (TPSA) is 110 Å². The molecule has 2 saturated heterocycles. The number of nitriles is 1. The van der Waals surface area contributed by atoms with Gasteiger partial charge < -0.3 is 25.0 Å². The van der Waals surface area contributed by atoms with Crippen molar-refractivity contribution in [2.45, 2.75) is 50.5 Å². The van der Waals surface area contributed by atoms with Crippen molar-refractivity contribution in [1.82, 2.24) is 14.7 Å². The fourth-order valence-corrected chi connectivity index (χ4v) is 6.60. The van der Waals surface area contributed by atoms with Gasteiger partial charge in [-0.3, -0.25) is 9.58 Å². The quantitative estimate of drug-likeness (QED) is 0.453. The summed E-state index contributed by atoms with van der Waals surface area (Å²) in [5, 5.41) is 27.4. The summed E-state index contributed by atoms with van der Waals surface area (Å²) < 4.78 is 7.89. The average molecular weight is 554 g/mol. The maximum atomic E-state index is 11.6. The van der Waals surface area contributed by atoms with E-state index < -0.39 is 5.97 Å². The summed E-state index contributed by atoms with van der Waals surface area (Å²) in [5.41, 5.74) is 5.53. The molecule has 2 atom stereocenters. The maximum absolute atomic E-state index is 11.6. The molecule has 5 heterocycles. The van der Waals surface area contributed by atoms with Gasteiger partial charge in [-0.1, -0.05) is 6.07 Å². The third kappa shape index (κ3) is 5.11. The van der Waals surface area contributed by atoms with E-state index in [0.29, 0.717) is 11.6 Å². The Morgan fingerprint density at radius 1 is 1.07 bits per heavy atom. The minimum atomic E-state index is -0.903. The Hall–Kier alpha value is -4.07. The minimum Gasteiger partial charge on any atom is -0.478 e. The molecule has 0 bridgehead atoms. The first-order chi connectivity index (χ1) is 20.0. The number of carbonyl (C=O) groups is 1. The van der Waals surface area contributed by atoms with Crippen molar-refractivity contribution in [3.05, 3.63) is 70.9 Å². The van der Waals surface area contributed by atoms with E-state index in [2.05, 4.69) is 49.1 Å². The molecule has 10 heteroatoms. The summed E-state index contributed by atoms with van der Waals surface area (Å²) in [4.78, 5) is 18.8. The number of aromatic nitrogens is 2. The molecular weight excluding hydrogens is 518 g/mol. The Balaban J connectivity index is 0.970. The number of benzene rings is 2.